The monoisotopic (exact) mass is 406 g/mol. The van der Waals surface area contributed by atoms with E-state index in [0.717, 1.165) is 0 Å². The van der Waals surface area contributed by atoms with Crippen LogP contribution in [0.15, 0.2) is 53.4 Å². The fourth-order valence-corrected chi connectivity index (χ4v) is 4.80. The first-order valence-corrected chi connectivity index (χ1v) is 10.5. The first kappa shape index (κ1) is 20.4. The van der Waals surface area contributed by atoms with Crippen LogP contribution in [-0.2, 0) is 26.0 Å². The van der Waals surface area contributed by atoms with Crippen molar-refractivity contribution >= 4 is 21.6 Å². The zero-order chi connectivity index (χ0) is 20.3. The maximum Gasteiger partial charge on any atom is 0.243 e. The second kappa shape index (κ2) is 8.38. The predicted molar refractivity (Wildman–Crippen MR) is 104 cm³/mol. The lowest BCUT2D eigenvalue weighted by atomic mass is 10.1. The second-order valence-corrected chi connectivity index (χ2v) is 8.86. The minimum Gasteiger partial charge on any atom is -0.373 e. The summed E-state index contributed by atoms with van der Waals surface area (Å²) in [6.07, 6.45) is -0.443. The van der Waals surface area contributed by atoms with Gasteiger partial charge in [-0.05, 0) is 49.7 Å². The molecular weight excluding hydrogens is 383 g/mol. The first-order valence-electron chi connectivity index (χ1n) is 9.04. The Kier molecular flexibility index (Phi) is 6.12. The Bertz CT molecular complexity index is 937. The van der Waals surface area contributed by atoms with Crippen LogP contribution in [0.1, 0.15) is 19.4 Å². The van der Waals surface area contributed by atoms with E-state index in [-0.39, 0.29) is 29.4 Å². The van der Waals surface area contributed by atoms with Crippen LogP contribution in [-0.4, -0.2) is 43.9 Å². The molecule has 1 saturated heterocycles. The van der Waals surface area contributed by atoms with E-state index in [1.807, 2.05) is 13.8 Å². The number of sulfonamides is 1. The second-order valence-electron chi connectivity index (χ2n) is 6.92. The standard InChI is InChI=1S/C20H23FN2O4S/c1-14-12-23(13-15(2)27-14)28(25,26)18-9-7-17(8-10-18)22-20(24)11-16-5-3-4-6-19(16)21/h3-10,14-15H,11-13H2,1-2H3,(H,22,24). The molecule has 2 aromatic carbocycles. The van der Waals surface area contributed by atoms with E-state index in [9.17, 15) is 17.6 Å². The normalized spacial score (nSPS) is 20.7. The number of benzene rings is 2. The first-order chi connectivity index (χ1) is 13.3. The highest BCUT2D eigenvalue weighted by atomic mass is 32.2. The van der Waals surface area contributed by atoms with Crippen molar-refractivity contribution in [2.75, 3.05) is 18.4 Å². The van der Waals surface area contributed by atoms with Gasteiger partial charge in [-0.2, -0.15) is 4.31 Å². The van der Waals surface area contributed by atoms with Gasteiger partial charge in [-0.25, -0.2) is 12.8 Å². The van der Waals surface area contributed by atoms with Gasteiger partial charge in [0.1, 0.15) is 5.82 Å². The number of nitrogens with one attached hydrogen (secondary N) is 1. The molecule has 2 unspecified atom stereocenters. The summed E-state index contributed by atoms with van der Waals surface area (Å²) in [4.78, 5) is 12.3. The van der Waals surface area contributed by atoms with Crippen molar-refractivity contribution in [2.24, 2.45) is 0 Å². The van der Waals surface area contributed by atoms with E-state index in [0.29, 0.717) is 24.3 Å². The van der Waals surface area contributed by atoms with Gasteiger partial charge in [-0.1, -0.05) is 18.2 Å². The number of carbonyl (C=O) groups is 1. The summed E-state index contributed by atoms with van der Waals surface area (Å²) in [5.41, 5.74) is 0.749. The molecule has 0 radical (unpaired) electrons. The molecule has 6 nitrogen and oxygen atoms in total. The highest BCUT2D eigenvalue weighted by Gasteiger charge is 2.32. The number of hydrogen-bond acceptors (Lipinski definition) is 4. The quantitative estimate of drug-likeness (QED) is 0.829. The SMILES string of the molecule is CC1CN(S(=O)(=O)c2ccc(NC(=O)Cc3ccccc3F)cc2)CC(C)O1. The van der Waals surface area contributed by atoms with Gasteiger partial charge in [0.05, 0.1) is 23.5 Å². The maximum absolute atomic E-state index is 13.6. The summed E-state index contributed by atoms with van der Waals surface area (Å²) in [5.74, 6) is -0.815. The number of hydrogen-bond donors (Lipinski definition) is 1. The Hall–Kier alpha value is -2.29. The summed E-state index contributed by atoms with van der Waals surface area (Å²) >= 11 is 0. The lowest BCUT2D eigenvalue weighted by molar-refractivity contribution is -0.115. The number of amides is 1. The van der Waals surface area contributed by atoms with E-state index in [4.69, 9.17) is 4.74 Å². The number of ether oxygens (including phenoxy) is 1. The summed E-state index contributed by atoms with van der Waals surface area (Å²) in [7, 11) is -3.64. The maximum atomic E-state index is 13.6. The average Bonchev–Trinajstić information content (AvgIpc) is 2.63. The molecule has 3 rings (SSSR count). The minimum absolute atomic E-state index is 0.101. The molecule has 0 aromatic heterocycles. The molecule has 2 atom stereocenters. The number of morpholine rings is 1. The molecule has 0 aliphatic carbocycles. The van der Waals surface area contributed by atoms with Crippen LogP contribution >= 0.6 is 0 Å². The van der Waals surface area contributed by atoms with Crippen LogP contribution in [0.5, 0.6) is 0 Å². The van der Waals surface area contributed by atoms with Crippen molar-refractivity contribution in [1.29, 1.82) is 0 Å². The summed E-state index contributed by atoms with van der Waals surface area (Å²) < 4.78 is 46.3. The Labute approximate surface area is 164 Å². The fraction of sp³-hybridized carbons (Fsp3) is 0.350. The molecule has 0 spiro atoms. The smallest absolute Gasteiger partial charge is 0.243 e. The molecular formula is C20H23FN2O4S. The Balaban J connectivity index is 1.67. The van der Waals surface area contributed by atoms with Crippen molar-refractivity contribution in [3.05, 3.63) is 59.9 Å². The number of carbonyl (C=O) groups excluding carboxylic acids is 1. The predicted octanol–water partition coefficient (Wildman–Crippen LogP) is 2.80. The molecule has 28 heavy (non-hydrogen) atoms. The highest BCUT2D eigenvalue weighted by molar-refractivity contribution is 7.89. The molecule has 8 heteroatoms. The average molecular weight is 406 g/mol. The molecule has 1 heterocycles. The van der Waals surface area contributed by atoms with Crippen molar-refractivity contribution in [1.82, 2.24) is 4.31 Å². The lowest BCUT2D eigenvalue weighted by Gasteiger charge is -2.34. The third-order valence-electron chi connectivity index (χ3n) is 4.47. The Morgan fingerprint density at radius 2 is 1.71 bits per heavy atom. The van der Waals surface area contributed by atoms with Crippen molar-refractivity contribution in [2.45, 2.75) is 37.4 Å². The third kappa shape index (κ3) is 4.76. The van der Waals surface area contributed by atoms with Crippen molar-refractivity contribution in [3.63, 3.8) is 0 Å². The highest BCUT2D eigenvalue weighted by Crippen LogP contribution is 2.22. The number of halogens is 1. The van der Waals surface area contributed by atoms with Gasteiger partial charge < -0.3 is 10.1 Å². The van der Waals surface area contributed by atoms with E-state index in [1.54, 1.807) is 18.2 Å². The van der Waals surface area contributed by atoms with Crippen LogP contribution in [0.2, 0.25) is 0 Å². The Morgan fingerprint density at radius 1 is 1.11 bits per heavy atom. The molecule has 1 aliphatic rings. The van der Waals surface area contributed by atoms with Crippen LogP contribution in [0.3, 0.4) is 0 Å². The number of rotatable bonds is 5. The van der Waals surface area contributed by atoms with E-state index >= 15 is 0 Å². The van der Waals surface area contributed by atoms with Gasteiger partial charge in [0, 0.05) is 18.8 Å². The zero-order valence-electron chi connectivity index (χ0n) is 15.8. The number of anilines is 1. The lowest BCUT2D eigenvalue weighted by Crippen LogP contribution is -2.48. The van der Waals surface area contributed by atoms with Gasteiger partial charge >= 0.3 is 0 Å². The van der Waals surface area contributed by atoms with Crippen molar-refractivity contribution in [3.8, 4) is 0 Å². The molecule has 0 bridgehead atoms. The van der Waals surface area contributed by atoms with Gasteiger partial charge in [0.25, 0.3) is 0 Å². The molecule has 0 saturated carbocycles. The summed E-state index contributed by atoms with van der Waals surface area (Å²) in [6.45, 7) is 4.28. The molecule has 1 amide bonds. The minimum atomic E-state index is -3.64. The van der Waals surface area contributed by atoms with Crippen LogP contribution in [0, 0.1) is 5.82 Å². The van der Waals surface area contributed by atoms with Gasteiger partial charge in [0.2, 0.25) is 15.9 Å². The van der Waals surface area contributed by atoms with Gasteiger partial charge in [-0.3, -0.25) is 4.79 Å². The third-order valence-corrected chi connectivity index (χ3v) is 6.32. The van der Waals surface area contributed by atoms with Crippen LogP contribution in [0.4, 0.5) is 10.1 Å². The summed E-state index contributed by atoms with van der Waals surface area (Å²) in [5, 5.41) is 2.66. The van der Waals surface area contributed by atoms with E-state index in [2.05, 4.69) is 5.32 Å². The fourth-order valence-electron chi connectivity index (χ4n) is 3.21. The topological polar surface area (TPSA) is 75.7 Å². The number of nitrogens with zero attached hydrogens (tertiary/aromatic N) is 1. The van der Waals surface area contributed by atoms with Crippen LogP contribution < -0.4 is 5.32 Å². The molecule has 1 aliphatic heterocycles. The van der Waals surface area contributed by atoms with E-state index < -0.39 is 15.8 Å². The molecule has 150 valence electrons. The molecule has 2 aromatic rings. The van der Waals surface area contributed by atoms with Gasteiger partial charge in [-0.15, -0.1) is 0 Å². The Morgan fingerprint density at radius 3 is 2.32 bits per heavy atom. The largest absolute Gasteiger partial charge is 0.373 e. The van der Waals surface area contributed by atoms with E-state index in [1.165, 1.54) is 34.6 Å². The van der Waals surface area contributed by atoms with Gasteiger partial charge in [0.15, 0.2) is 0 Å². The zero-order valence-corrected chi connectivity index (χ0v) is 16.6. The van der Waals surface area contributed by atoms with Crippen molar-refractivity contribution < 1.29 is 22.3 Å². The summed E-state index contributed by atoms with van der Waals surface area (Å²) in [6, 6.07) is 12.0. The molecule has 1 fully saturated rings. The molecule has 1 N–H and O–H groups in total. The van der Waals surface area contributed by atoms with Crippen LogP contribution in [0.25, 0.3) is 0 Å².